The number of halogens is 1. The molecule has 1 aliphatic rings. The van der Waals surface area contributed by atoms with E-state index in [1.54, 1.807) is 6.20 Å². The van der Waals surface area contributed by atoms with Crippen LogP contribution in [0.1, 0.15) is 31.2 Å². The standard InChI is InChI=1S/C13H20BrN3O/c14-11-5-10(8-16-9-11)6-12(17-15)7-13-3-1-2-4-18-13/h5,8-9,12-13,17H,1-4,6-7,15H2. The minimum atomic E-state index is 0.240. The maximum Gasteiger partial charge on any atom is 0.0590 e. The highest BCUT2D eigenvalue weighted by Crippen LogP contribution is 2.19. The van der Waals surface area contributed by atoms with E-state index in [-0.39, 0.29) is 6.04 Å². The van der Waals surface area contributed by atoms with E-state index in [0.29, 0.717) is 6.10 Å². The molecule has 1 aromatic rings. The molecule has 0 saturated carbocycles. The number of nitrogens with two attached hydrogens (primary N) is 1. The average molecular weight is 314 g/mol. The number of nitrogens with zero attached hydrogens (tertiary/aromatic N) is 1. The molecule has 0 aliphatic carbocycles. The van der Waals surface area contributed by atoms with Crippen molar-refractivity contribution in [3.8, 4) is 0 Å². The Morgan fingerprint density at radius 2 is 2.39 bits per heavy atom. The second-order valence-corrected chi connectivity index (χ2v) is 5.72. The summed E-state index contributed by atoms with van der Waals surface area (Å²) < 4.78 is 6.76. The quantitative estimate of drug-likeness (QED) is 0.646. The molecule has 2 rings (SSSR count). The summed E-state index contributed by atoms with van der Waals surface area (Å²) in [6.07, 6.45) is 9.46. The van der Waals surface area contributed by atoms with Crippen molar-refractivity contribution < 1.29 is 4.74 Å². The number of pyridine rings is 1. The maximum atomic E-state index is 5.75. The molecule has 0 aromatic carbocycles. The molecule has 0 amide bonds. The van der Waals surface area contributed by atoms with Crippen LogP contribution in [0.2, 0.25) is 0 Å². The van der Waals surface area contributed by atoms with E-state index >= 15 is 0 Å². The van der Waals surface area contributed by atoms with Gasteiger partial charge in [0.05, 0.1) is 6.10 Å². The number of rotatable bonds is 5. The Kier molecular flexibility index (Phi) is 5.56. The Morgan fingerprint density at radius 1 is 1.50 bits per heavy atom. The predicted molar refractivity (Wildman–Crippen MR) is 75.0 cm³/mol. The third kappa shape index (κ3) is 4.31. The molecule has 5 heteroatoms. The van der Waals surface area contributed by atoms with Crippen LogP contribution in [-0.2, 0) is 11.2 Å². The molecule has 100 valence electrons. The van der Waals surface area contributed by atoms with Crippen molar-refractivity contribution in [2.24, 2.45) is 5.84 Å². The first-order valence-corrected chi connectivity index (χ1v) is 7.24. The molecular weight excluding hydrogens is 294 g/mol. The number of nitrogens with one attached hydrogen (secondary N) is 1. The van der Waals surface area contributed by atoms with Gasteiger partial charge in [-0.3, -0.25) is 16.3 Å². The topological polar surface area (TPSA) is 60.2 Å². The zero-order chi connectivity index (χ0) is 12.8. The van der Waals surface area contributed by atoms with Crippen molar-refractivity contribution >= 4 is 15.9 Å². The van der Waals surface area contributed by atoms with Gasteiger partial charge in [0.25, 0.3) is 0 Å². The number of hydrogen-bond acceptors (Lipinski definition) is 4. The van der Waals surface area contributed by atoms with Crippen LogP contribution >= 0.6 is 15.9 Å². The summed E-state index contributed by atoms with van der Waals surface area (Å²) in [6, 6.07) is 2.32. The number of ether oxygens (including phenoxy) is 1. The van der Waals surface area contributed by atoms with Gasteiger partial charge in [0.15, 0.2) is 0 Å². The second kappa shape index (κ2) is 7.19. The Morgan fingerprint density at radius 3 is 3.06 bits per heavy atom. The Hall–Kier alpha value is -0.490. The Labute approximate surface area is 116 Å². The smallest absolute Gasteiger partial charge is 0.0590 e. The third-order valence-corrected chi connectivity index (χ3v) is 3.73. The summed E-state index contributed by atoms with van der Waals surface area (Å²) in [4.78, 5) is 4.17. The van der Waals surface area contributed by atoms with Crippen molar-refractivity contribution in [2.75, 3.05) is 6.61 Å². The monoisotopic (exact) mass is 313 g/mol. The fraction of sp³-hybridized carbons (Fsp3) is 0.615. The van der Waals surface area contributed by atoms with Gasteiger partial charge in [-0.2, -0.15) is 0 Å². The molecule has 2 unspecified atom stereocenters. The third-order valence-electron chi connectivity index (χ3n) is 3.30. The molecule has 4 nitrogen and oxygen atoms in total. The van der Waals surface area contributed by atoms with Crippen molar-refractivity contribution in [1.82, 2.24) is 10.4 Å². The van der Waals surface area contributed by atoms with Gasteiger partial charge in [-0.15, -0.1) is 0 Å². The van der Waals surface area contributed by atoms with Crippen LogP contribution in [0.5, 0.6) is 0 Å². The number of aromatic nitrogens is 1. The minimum Gasteiger partial charge on any atom is -0.378 e. The summed E-state index contributed by atoms with van der Waals surface area (Å²) in [5.74, 6) is 5.64. The van der Waals surface area contributed by atoms with Gasteiger partial charge in [0.1, 0.15) is 0 Å². The Bertz CT molecular complexity index is 369. The molecule has 1 aliphatic heterocycles. The molecule has 1 aromatic heterocycles. The lowest BCUT2D eigenvalue weighted by Crippen LogP contribution is -2.40. The van der Waals surface area contributed by atoms with Gasteiger partial charge in [0.2, 0.25) is 0 Å². The lowest BCUT2D eigenvalue weighted by Gasteiger charge is -2.26. The number of hydrogen-bond donors (Lipinski definition) is 2. The van der Waals surface area contributed by atoms with E-state index in [1.165, 1.54) is 18.4 Å². The highest BCUT2D eigenvalue weighted by Gasteiger charge is 2.19. The van der Waals surface area contributed by atoms with Gasteiger partial charge in [-0.05, 0) is 59.7 Å². The van der Waals surface area contributed by atoms with Crippen LogP contribution in [0.25, 0.3) is 0 Å². The summed E-state index contributed by atoms with van der Waals surface area (Å²) in [5.41, 5.74) is 4.08. The molecule has 2 atom stereocenters. The van der Waals surface area contributed by atoms with Crippen molar-refractivity contribution in [3.63, 3.8) is 0 Å². The van der Waals surface area contributed by atoms with Crippen molar-refractivity contribution in [3.05, 3.63) is 28.5 Å². The first-order chi connectivity index (χ1) is 8.78. The molecule has 18 heavy (non-hydrogen) atoms. The highest BCUT2D eigenvalue weighted by atomic mass is 79.9. The molecule has 2 heterocycles. The van der Waals surface area contributed by atoms with Crippen LogP contribution in [-0.4, -0.2) is 23.7 Å². The largest absolute Gasteiger partial charge is 0.378 e. The lowest BCUT2D eigenvalue weighted by molar-refractivity contribution is 0.00523. The molecular formula is C13H20BrN3O. The van der Waals surface area contributed by atoms with Gasteiger partial charge in [-0.25, -0.2) is 0 Å². The molecule has 0 radical (unpaired) electrons. The maximum absolute atomic E-state index is 5.75. The van der Waals surface area contributed by atoms with Gasteiger partial charge < -0.3 is 4.74 Å². The summed E-state index contributed by atoms with van der Waals surface area (Å²) in [7, 11) is 0. The first-order valence-electron chi connectivity index (χ1n) is 6.45. The van der Waals surface area contributed by atoms with E-state index in [4.69, 9.17) is 10.6 Å². The fourth-order valence-corrected chi connectivity index (χ4v) is 2.79. The minimum absolute atomic E-state index is 0.240. The van der Waals surface area contributed by atoms with Gasteiger partial charge >= 0.3 is 0 Å². The summed E-state index contributed by atoms with van der Waals surface area (Å²) in [5, 5.41) is 0. The average Bonchev–Trinajstić information content (AvgIpc) is 2.39. The zero-order valence-corrected chi connectivity index (χ0v) is 12.0. The van der Waals surface area contributed by atoms with Gasteiger partial charge in [0, 0.05) is 29.5 Å². The van der Waals surface area contributed by atoms with Crippen molar-refractivity contribution in [2.45, 2.75) is 44.2 Å². The Balaban J connectivity index is 1.88. The van der Waals surface area contributed by atoms with Crippen LogP contribution in [0.4, 0.5) is 0 Å². The molecule has 1 fully saturated rings. The summed E-state index contributed by atoms with van der Waals surface area (Å²) >= 11 is 3.43. The van der Waals surface area contributed by atoms with Crippen molar-refractivity contribution in [1.29, 1.82) is 0 Å². The van der Waals surface area contributed by atoms with E-state index in [0.717, 1.165) is 30.3 Å². The first kappa shape index (κ1) is 13.9. The number of hydrazine groups is 1. The van der Waals surface area contributed by atoms with E-state index in [9.17, 15) is 0 Å². The zero-order valence-electron chi connectivity index (χ0n) is 10.4. The predicted octanol–water partition coefficient (Wildman–Crippen LogP) is 2.18. The molecule has 0 bridgehead atoms. The normalized spacial score (nSPS) is 21.8. The summed E-state index contributed by atoms with van der Waals surface area (Å²) in [6.45, 7) is 0.889. The van der Waals surface area contributed by atoms with Crippen LogP contribution in [0, 0.1) is 0 Å². The molecule has 1 saturated heterocycles. The fourth-order valence-electron chi connectivity index (χ4n) is 2.37. The second-order valence-electron chi connectivity index (χ2n) is 4.80. The highest BCUT2D eigenvalue weighted by molar-refractivity contribution is 9.10. The lowest BCUT2D eigenvalue weighted by atomic mass is 9.98. The van der Waals surface area contributed by atoms with E-state index in [1.807, 2.05) is 6.20 Å². The SMILES string of the molecule is NNC(Cc1cncc(Br)c1)CC1CCCCO1. The molecule has 0 spiro atoms. The van der Waals surface area contributed by atoms with Gasteiger partial charge in [-0.1, -0.05) is 0 Å². The van der Waals surface area contributed by atoms with Crippen LogP contribution in [0.3, 0.4) is 0 Å². The van der Waals surface area contributed by atoms with Crippen LogP contribution in [0.15, 0.2) is 22.9 Å². The van der Waals surface area contributed by atoms with E-state index in [2.05, 4.69) is 32.4 Å². The van der Waals surface area contributed by atoms with E-state index < -0.39 is 0 Å². The molecule has 3 N–H and O–H groups in total. The van der Waals surface area contributed by atoms with Crippen LogP contribution < -0.4 is 11.3 Å².